The molecule has 1 saturated heterocycles. The molecule has 294 valence electrons. The second-order valence-corrected chi connectivity index (χ2v) is 17.0. The van der Waals surface area contributed by atoms with Gasteiger partial charge in [-0.05, 0) is 80.8 Å². The largest absolute Gasteiger partial charge is 0.446 e. The van der Waals surface area contributed by atoms with Crippen molar-refractivity contribution in [1.82, 2.24) is 25.2 Å². The van der Waals surface area contributed by atoms with E-state index in [1.807, 2.05) is 6.08 Å². The molecule has 3 N–H and O–H groups in total. The topological polar surface area (TPSA) is 181 Å². The molecule has 2 saturated carbocycles. The minimum atomic E-state index is -4.36. The molecule has 3 fully saturated rings. The Morgan fingerprint density at radius 3 is 2.45 bits per heavy atom. The van der Waals surface area contributed by atoms with Crippen molar-refractivity contribution in [1.29, 1.82) is 0 Å². The molecule has 55 heavy (non-hydrogen) atoms. The SMILES string of the molecule is O=C(N[C@H]1CCCCC/C=C\[C@H]2C[C@@]2(C(=O)NS(=O)(=O)c2ccc(Cl)cc2)NC(=O)[C@@H]2C[C@@H](OC(=O)N3Cc4cccc(F)c4C3)CN2C1=O)OC1CCC1. The van der Waals surface area contributed by atoms with Crippen molar-refractivity contribution in [2.75, 3.05) is 6.54 Å². The van der Waals surface area contributed by atoms with Crippen molar-refractivity contribution in [3.63, 3.8) is 0 Å². The van der Waals surface area contributed by atoms with Gasteiger partial charge < -0.3 is 25.0 Å². The summed E-state index contributed by atoms with van der Waals surface area (Å²) in [5, 5.41) is 5.77. The fraction of sp³-hybridized carbons (Fsp3) is 0.500. The Morgan fingerprint density at radius 2 is 1.73 bits per heavy atom. The van der Waals surface area contributed by atoms with Gasteiger partial charge in [0, 0.05) is 29.5 Å². The first-order chi connectivity index (χ1) is 26.3. The number of benzene rings is 2. The summed E-state index contributed by atoms with van der Waals surface area (Å²) in [5.74, 6) is -3.29. The predicted molar refractivity (Wildman–Crippen MR) is 195 cm³/mol. The molecule has 14 nitrogen and oxygen atoms in total. The molecule has 0 bridgehead atoms. The van der Waals surface area contributed by atoms with E-state index in [0.717, 1.165) is 25.7 Å². The van der Waals surface area contributed by atoms with Crippen molar-refractivity contribution >= 4 is 51.5 Å². The van der Waals surface area contributed by atoms with Crippen molar-refractivity contribution in [3.05, 3.63) is 76.6 Å². The van der Waals surface area contributed by atoms with Crippen LogP contribution in [-0.2, 0) is 47.0 Å². The molecule has 5 amide bonds. The highest BCUT2D eigenvalue weighted by Crippen LogP contribution is 2.46. The van der Waals surface area contributed by atoms with E-state index in [1.54, 1.807) is 18.2 Å². The van der Waals surface area contributed by atoms with E-state index in [2.05, 4.69) is 15.4 Å². The number of hydrogen-bond acceptors (Lipinski definition) is 9. The van der Waals surface area contributed by atoms with Crippen molar-refractivity contribution < 1.29 is 46.3 Å². The van der Waals surface area contributed by atoms with Crippen molar-refractivity contribution in [2.24, 2.45) is 5.92 Å². The number of sulfonamides is 1. The molecular formula is C38H43ClFN5O9S. The van der Waals surface area contributed by atoms with Gasteiger partial charge >= 0.3 is 12.2 Å². The van der Waals surface area contributed by atoms with E-state index in [1.165, 1.54) is 40.1 Å². The third-order valence-electron chi connectivity index (χ3n) is 11.1. The van der Waals surface area contributed by atoms with Gasteiger partial charge in [0.15, 0.2) is 0 Å². The van der Waals surface area contributed by atoms with E-state index in [0.29, 0.717) is 35.4 Å². The number of rotatable bonds is 6. The van der Waals surface area contributed by atoms with E-state index >= 15 is 0 Å². The molecule has 2 aromatic rings. The van der Waals surface area contributed by atoms with Crippen LogP contribution in [0.1, 0.15) is 75.3 Å². The van der Waals surface area contributed by atoms with Gasteiger partial charge in [-0.1, -0.05) is 48.7 Å². The lowest BCUT2D eigenvalue weighted by Gasteiger charge is -2.31. The molecular weight excluding hydrogens is 757 g/mol. The van der Waals surface area contributed by atoms with Gasteiger partial charge in [-0.15, -0.1) is 0 Å². The number of ether oxygens (including phenoxy) is 2. The van der Waals surface area contributed by atoms with Gasteiger partial charge in [0.1, 0.15) is 35.6 Å². The second kappa shape index (κ2) is 15.8. The molecule has 5 atom stereocenters. The highest BCUT2D eigenvalue weighted by Gasteiger charge is 2.61. The molecule has 2 aromatic carbocycles. The number of halogens is 2. The van der Waals surface area contributed by atoms with Gasteiger partial charge in [0.05, 0.1) is 18.0 Å². The average Bonchev–Trinajstić information content (AvgIpc) is 3.42. The first-order valence-corrected chi connectivity index (χ1v) is 20.5. The summed E-state index contributed by atoms with van der Waals surface area (Å²) in [4.78, 5) is 71.2. The lowest BCUT2D eigenvalue weighted by Crippen LogP contribution is -2.58. The van der Waals surface area contributed by atoms with Gasteiger partial charge in [0.2, 0.25) is 11.8 Å². The van der Waals surface area contributed by atoms with Gasteiger partial charge in [-0.3, -0.25) is 19.3 Å². The monoisotopic (exact) mass is 799 g/mol. The minimum Gasteiger partial charge on any atom is -0.446 e. The smallest absolute Gasteiger partial charge is 0.410 e. The van der Waals surface area contributed by atoms with Crippen LogP contribution in [0.2, 0.25) is 5.02 Å². The maximum absolute atomic E-state index is 14.5. The normalized spacial score (nSPS) is 27.5. The van der Waals surface area contributed by atoms with Crippen molar-refractivity contribution in [3.8, 4) is 0 Å². The van der Waals surface area contributed by atoms with Crippen LogP contribution in [0.4, 0.5) is 14.0 Å². The predicted octanol–water partition coefficient (Wildman–Crippen LogP) is 4.45. The number of carbonyl (C=O) groups is 5. The Morgan fingerprint density at radius 1 is 0.945 bits per heavy atom. The van der Waals surface area contributed by atoms with Crippen LogP contribution in [0.3, 0.4) is 0 Å². The van der Waals surface area contributed by atoms with E-state index in [4.69, 9.17) is 21.1 Å². The van der Waals surface area contributed by atoms with Gasteiger partial charge in [0.25, 0.3) is 15.9 Å². The summed E-state index contributed by atoms with van der Waals surface area (Å²) >= 11 is 5.93. The number of hydrogen-bond donors (Lipinski definition) is 3. The fourth-order valence-electron chi connectivity index (χ4n) is 7.59. The maximum Gasteiger partial charge on any atom is 0.410 e. The van der Waals surface area contributed by atoms with E-state index in [9.17, 15) is 36.8 Å². The summed E-state index contributed by atoms with van der Waals surface area (Å²) in [6, 6.07) is 7.51. The van der Waals surface area contributed by atoms with Crippen LogP contribution in [-0.4, -0.2) is 84.5 Å². The summed E-state index contributed by atoms with van der Waals surface area (Å²) in [6.45, 7) is -0.104. The number of nitrogens with zero attached hydrogens (tertiary/aromatic N) is 2. The number of carbonyl (C=O) groups excluding carboxylic acids is 5. The third kappa shape index (κ3) is 8.44. The molecule has 0 spiro atoms. The molecule has 3 heterocycles. The van der Waals surface area contributed by atoms with Crippen LogP contribution in [0, 0.1) is 11.7 Å². The average molecular weight is 800 g/mol. The number of amides is 5. The maximum atomic E-state index is 14.5. The zero-order valence-electron chi connectivity index (χ0n) is 30.0. The Bertz CT molecular complexity index is 2000. The molecule has 2 aliphatic carbocycles. The number of fused-ring (bicyclic) bond motifs is 3. The Balaban J connectivity index is 1.13. The first-order valence-electron chi connectivity index (χ1n) is 18.6. The minimum absolute atomic E-state index is 0.0132. The van der Waals surface area contributed by atoms with Crippen LogP contribution in [0.25, 0.3) is 0 Å². The standard InChI is InChI=1S/C38H43ClFN5O9S/c39-25-14-16-28(17-15-25)55(51,52)43-35(48)38-19-24(38)9-4-2-1-3-5-13-31(41-36(49)53-26-10-7-11-26)34(47)45-21-27(18-32(45)33(46)42-38)54-37(50)44-20-23-8-6-12-30(40)29(23)22-44/h4,6,8-9,12,14-17,24,26-27,31-32H,1-3,5,7,10-11,13,18-22H2,(H,41,49)(H,42,46)(H,43,48)/b9-4-/t24-,27+,31-,32-,38+/m0/s1. The van der Waals surface area contributed by atoms with Crippen LogP contribution in [0.15, 0.2) is 59.5 Å². The molecule has 0 unspecified atom stereocenters. The number of nitrogens with one attached hydrogen (secondary N) is 3. The molecule has 0 radical (unpaired) electrons. The first kappa shape index (κ1) is 38.6. The zero-order chi connectivity index (χ0) is 38.9. The van der Waals surface area contributed by atoms with E-state index < -0.39 is 75.4 Å². The fourth-order valence-corrected chi connectivity index (χ4v) is 8.76. The molecule has 0 aromatic heterocycles. The summed E-state index contributed by atoms with van der Waals surface area (Å²) in [5.41, 5.74) is -0.639. The quantitative estimate of drug-likeness (QED) is 0.356. The molecule has 5 aliphatic rings. The Kier molecular flexibility index (Phi) is 11.1. The highest BCUT2D eigenvalue weighted by molar-refractivity contribution is 7.90. The Hall–Kier alpha value is -4.70. The third-order valence-corrected chi connectivity index (χ3v) is 12.7. The summed E-state index contributed by atoms with van der Waals surface area (Å²) in [6.07, 6.45) is 6.20. The highest BCUT2D eigenvalue weighted by atomic mass is 35.5. The van der Waals surface area contributed by atoms with Gasteiger partial charge in [-0.25, -0.2) is 27.1 Å². The Labute approximate surface area is 323 Å². The van der Waals surface area contributed by atoms with Crippen LogP contribution < -0.4 is 15.4 Å². The van der Waals surface area contributed by atoms with Crippen LogP contribution in [0.5, 0.6) is 0 Å². The van der Waals surface area contributed by atoms with Crippen molar-refractivity contribution in [2.45, 2.75) is 112 Å². The summed E-state index contributed by atoms with van der Waals surface area (Å²) in [7, 11) is -4.36. The zero-order valence-corrected chi connectivity index (χ0v) is 31.6. The molecule has 3 aliphatic heterocycles. The van der Waals surface area contributed by atoms with Gasteiger partial charge in [-0.2, -0.15) is 0 Å². The van der Waals surface area contributed by atoms with E-state index in [-0.39, 0.29) is 49.9 Å². The number of alkyl carbamates (subject to hydrolysis) is 1. The van der Waals surface area contributed by atoms with Crippen LogP contribution >= 0.6 is 11.6 Å². The lowest BCUT2D eigenvalue weighted by molar-refractivity contribution is -0.141. The lowest BCUT2D eigenvalue weighted by atomic mass is 9.96. The number of allylic oxidation sites excluding steroid dienone is 1. The second-order valence-electron chi connectivity index (χ2n) is 14.9. The summed E-state index contributed by atoms with van der Waals surface area (Å²) < 4.78 is 54.4. The molecule has 7 rings (SSSR count). The molecule has 17 heteroatoms.